The second-order valence-corrected chi connectivity index (χ2v) is 5.91. The topological polar surface area (TPSA) is 89.9 Å². The van der Waals surface area contributed by atoms with Crippen molar-refractivity contribution < 1.29 is 19.8 Å². The minimum Gasteiger partial charge on any atom is -0.478 e. The quantitative estimate of drug-likeness (QED) is 0.730. The van der Waals surface area contributed by atoms with Crippen molar-refractivity contribution >= 4 is 17.6 Å². The number of carboxylic acid groups (broad SMARTS) is 2. The van der Waals surface area contributed by atoms with Crippen molar-refractivity contribution in [3.8, 4) is 0 Å². The van der Waals surface area contributed by atoms with Crippen LogP contribution < -0.4 is 10.2 Å². The molecule has 24 heavy (non-hydrogen) atoms. The molecule has 1 aromatic carbocycles. The zero-order valence-corrected chi connectivity index (χ0v) is 13.7. The third kappa shape index (κ3) is 5.70. The number of piperazine rings is 1. The molecule has 0 amide bonds. The van der Waals surface area contributed by atoms with E-state index >= 15 is 0 Å². The summed E-state index contributed by atoms with van der Waals surface area (Å²) in [4.78, 5) is 21.6. The highest BCUT2D eigenvalue weighted by Gasteiger charge is 2.14. The number of fused-ring (bicyclic) bond motifs is 1. The molecule has 6 heteroatoms. The van der Waals surface area contributed by atoms with Gasteiger partial charge in [-0.2, -0.15) is 0 Å². The third-order valence-electron chi connectivity index (χ3n) is 4.18. The van der Waals surface area contributed by atoms with Crippen LogP contribution >= 0.6 is 0 Å². The van der Waals surface area contributed by atoms with Gasteiger partial charge in [-0.3, -0.25) is 0 Å². The van der Waals surface area contributed by atoms with E-state index in [1.54, 1.807) is 11.1 Å². The standard InChI is InChI=1S/C14H20N2.C4H4O4/c1-2-4-13-11-14(6-5-12(13)3-1)16-9-7-15-8-10-16;5-3(6)1-2-4(7)8/h5-6,11,15H,1-4,7-10H2;1-2H,(H,5,6)(H,7,8)/b;2-1+. The number of carbonyl (C=O) groups is 2. The molecule has 1 heterocycles. The maximum Gasteiger partial charge on any atom is 0.328 e. The molecule has 1 aromatic rings. The summed E-state index contributed by atoms with van der Waals surface area (Å²) in [7, 11) is 0. The lowest BCUT2D eigenvalue weighted by Gasteiger charge is -2.30. The third-order valence-corrected chi connectivity index (χ3v) is 4.18. The highest BCUT2D eigenvalue weighted by molar-refractivity contribution is 5.89. The summed E-state index contributed by atoms with van der Waals surface area (Å²) in [5, 5.41) is 19.0. The summed E-state index contributed by atoms with van der Waals surface area (Å²) < 4.78 is 0. The number of benzene rings is 1. The number of hydrogen-bond acceptors (Lipinski definition) is 4. The van der Waals surface area contributed by atoms with E-state index in [0.717, 1.165) is 26.2 Å². The van der Waals surface area contributed by atoms with Crippen LogP contribution in [-0.2, 0) is 22.4 Å². The zero-order chi connectivity index (χ0) is 17.4. The minimum atomic E-state index is -1.26. The van der Waals surface area contributed by atoms with Gasteiger partial charge in [-0.15, -0.1) is 0 Å². The maximum absolute atomic E-state index is 9.55. The summed E-state index contributed by atoms with van der Waals surface area (Å²) >= 11 is 0. The molecule has 1 aliphatic carbocycles. The molecule has 0 unspecified atom stereocenters. The highest BCUT2D eigenvalue weighted by atomic mass is 16.4. The van der Waals surface area contributed by atoms with Crippen LogP contribution in [0.25, 0.3) is 0 Å². The van der Waals surface area contributed by atoms with E-state index in [0.29, 0.717) is 12.2 Å². The number of nitrogens with one attached hydrogen (secondary N) is 1. The summed E-state index contributed by atoms with van der Waals surface area (Å²) in [6, 6.07) is 7.10. The molecule has 0 radical (unpaired) electrons. The van der Waals surface area contributed by atoms with Crippen molar-refractivity contribution in [1.29, 1.82) is 0 Å². The fraction of sp³-hybridized carbons (Fsp3) is 0.444. The van der Waals surface area contributed by atoms with Gasteiger partial charge in [-0.25, -0.2) is 9.59 Å². The molecule has 1 aliphatic heterocycles. The van der Waals surface area contributed by atoms with E-state index in [-0.39, 0.29) is 0 Å². The molecule has 0 bridgehead atoms. The second-order valence-electron chi connectivity index (χ2n) is 5.91. The molecule has 3 rings (SSSR count). The van der Waals surface area contributed by atoms with Crippen molar-refractivity contribution in [3.63, 3.8) is 0 Å². The molecule has 0 aromatic heterocycles. The molecular formula is C18H24N2O4. The first-order valence-corrected chi connectivity index (χ1v) is 8.27. The fourth-order valence-electron chi connectivity index (χ4n) is 2.98. The van der Waals surface area contributed by atoms with Crippen LogP contribution in [0.3, 0.4) is 0 Å². The van der Waals surface area contributed by atoms with Gasteiger partial charge in [-0.05, 0) is 48.9 Å². The number of nitrogens with zero attached hydrogens (tertiary/aromatic N) is 1. The Labute approximate surface area is 141 Å². The Balaban J connectivity index is 0.000000224. The smallest absolute Gasteiger partial charge is 0.328 e. The lowest BCUT2D eigenvalue weighted by Crippen LogP contribution is -2.43. The molecule has 1 fully saturated rings. The van der Waals surface area contributed by atoms with E-state index in [9.17, 15) is 9.59 Å². The summed E-state index contributed by atoms with van der Waals surface area (Å²) in [5.41, 5.74) is 4.62. The average molecular weight is 332 g/mol. The monoisotopic (exact) mass is 332 g/mol. The van der Waals surface area contributed by atoms with E-state index in [1.165, 1.54) is 31.4 Å². The first-order valence-electron chi connectivity index (χ1n) is 8.27. The Hall–Kier alpha value is -2.34. The normalized spacial score (nSPS) is 16.9. The number of anilines is 1. The molecule has 1 saturated heterocycles. The SMILES string of the molecule is O=C(O)/C=C/C(=O)O.c1cc2c(cc1N1CCNCC1)CCCC2. The van der Waals surface area contributed by atoms with Crippen molar-refractivity contribution in [2.75, 3.05) is 31.1 Å². The van der Waals surface area contributed by atoms with Gasteiger partial charge in [0.15, 0.2) is 0 Å². The number of hydrogen-bond donors (Lipinski definition) is 3. The van der Waals surface area contributed by atoms with Crippen molar-refractivity contribution in [3.05, 3.63) is 41.5 Å². The Kier molecular flexibility index (Phi) is 6.81. The van der Waals surface area contributed by atoms with Crippen LogP contribution in [0.2, 0.25) is 0 Å². The Morgan fingerprint density at radius 3 is 2.12 bits per heavy atom. The molecule has 6 nitrogen and oxygen atoms in total. The maximum atomic E-state index is 9.55. The van der Waals surface area contributed by atoms with Crippen molar-refractivity contribution in [2.45, 2.75) is 25.7 Å². The van der Waals surface area contributed by atoms with Gasteiger partial charge in [0.2, 0.25) is 0 Å². The van der Waals surface area contributed by atoms with Crippen LogP contribution in [0, 0.1) is 0 Å². The van der Waals surface area contributed by atoms with Gasteiger partial charge in [0, 0.05) is 44.0 Å². The van der Waals surface area contributed by atoms with Gasteiger partial charge in [0.1, 0.15) is 0 Å². The molecule has 0 atom stereocenters. The highest BCUT2D eigenvalue weighted by Crippen LogP contribution is 2.26. The summed E-state index contributed by atoms with van der Waals surface area (Å²) in [6.45, 7) is 4.55. The largest absolute Gasteiger partial charge is 0.478 e. The lowest BCUT2D eigenvalue weighted by atomic mass is 9.91. The van der Waals surface area contributed by atoms with Crippen LogP contribution in [0.5, 0.6) is 0 Å². The van der Waals surface area contributed by atoms with Crippen LogP contribution in [0.15, 0.2) is 30.4 Å². The van der Waals surface area contributed by atoms with Crippen molar-refractivity contribution in [1.82, 2.24) is 5.32 Å². The van der Waals surface area contributed by atoms with Gasteiger partial charge < -0.3 is 20.4 Å². The average Bonchev–Trinajstić information content (AvgIpc) is 2.61. The lowest BCUT2D eigenvalue weighted by molar-refractivity contribution is -0.134. The molecule has 2 aliphatic rings. The first kappa shape index (κ1) is 18.0. The molecular weight excluding hydrogens is 308 g/mol. The van der Waals surface area contributed by atoms with E-state index in [2.05, 4.69) is 28.4 Å². The number of aryl methyl sites for hydroxylation is 2. The molecule has 0 saturated carbocycles. The number of carboxylic acids is 2. The molecule has 130 valence electrons. The Morgan fingerprint density at radius 1 is 0.958 bits per heavy atom. The number of rotatable bonds is 3. The van der Waals surface area contributed by atoms with Gasteiger partial charge in [0.05, 0.1) is 0 Å². The summed E-state index contributed by atoms with van der Waals surface area (Å²) in [5.74, 6) is -2.51. The Bertz CT molecular complexity index is 591. The predicted molar refractivity (Wildman–Crippen MR) is 92.6 cm³/mol. The van der Waals surface area contributed by atoms with Crippen LogP contribution in [-0.4, -0.2) is 48.3 Å². The van der Waals surface area contributed by atoms with Gasteiger partial charge in [0.25, 0.3) is 0 Å². The molecule has 3 N–H and O–H groups in total. The summed E-state index contributed by atoms with van der Waals surface area (Å²) in [6.07, 6.45) is 6.44. The van der Waals surface area contributed by atoms with E-state index < -0.39 is 11.9 Å². The Morgan fingerprint density at radius 2 is 1.54 bits per heavy atom. The van der Waals surface area contributed by atoms with Crippen molar-refractivity contribution in [2.24, 2.45) is 0 Å². The van der Waals surface area contributed by atoms with E-state index in [1.807, 2.05) is 0 Å². The predicted octanol–water partition coefficient (Wildman–Crippen LogP) is 1.69. The molecule has 0 spiro atoms. The van der Waals surface area contributed by atoms with Crippen LogP contribution in [0.1, 0.15) is 24.0 Å². The number of aliphatic carboxylic acids is 2. The van der Waals surface area contributed by atoms with E-state index in [4.69, 9.17) is 10.2 Å². The fourth-order valence-corrected chi connectivity index (χ4v) is 2.98. The first-order chi connectivity index (χ1) is 11.6. The van der Waals surface area contributed by atoms with Gasteiger partial charge >= 0.3 is 11.9 Å². The zero-order valence-electron chi connectivity index (χ0n) is 13.7. The minimum absolute atomic E-state index is 0.558. The van der Waals surface area contributed by atoms with Gasteiger partial charge in [-0.1, -0.05) is 6.07 Å². The van der Waals surface area contributed by atoms with Crippen LogP contribution in [0.4, 0.5) is 5.69 Å². The second kappa shape index (κ2) is 9.08.